The molecular formula is C20H34O14S3. The summed E-state index contributed by atoms with van der Waals surface area (Å²) in [6.07, 6.45) is -13.8. The fourth-order valence-corrected chi connectivity index (χ4v) is 8.24. The van der Waals surface area contributed by atoms with Crippen molar-refractivity contribution < 1.29 is 70.0 Å². The summed E-state index contributed by atoms with van der Waals surface area (Å²) in [5.74, 6) is 0. The Bertz CT molecular complexity index is 684. The first kappa shape index (κ1) is 30.4. The second-order valence-electron chi connectivity index (χ2n) is 9.34. The predicted molar refractivity (Wildman–Crippen MR) is 129 cm³/mol. The highest BCUT2D eigenvalue weighted by molar-refractivity contribution is 8.01. The molecule has 0 unspecified atom stereocenters. The van der Waals surface area contributed by atoms with Gasteiger partial charge in [-0.05, 0) is 0 Å². The van der Waals surface area contributed by atoms with E-state index in [9.17, 15) is 51.1 Å². The molecule has 4 aliphatic rings. The van der Waals surface area contributed by atoms with Gasteiger partial charge in [-0.15, -0.1) is 35.3 Å². The summed E-state index contributed by atoms with van der Waals surface area (Å²) in [5, 5.41) is 99.4. The highest BCUT2D eigenvalue weighted by Gasteiger charge is 2.48. The number of hydrogen-bond acceptors (Lipinski definition) is 17. The maximum Gasteiger partial charge on any atom is 0.183 e. The number of ether oxygens (including phenoxy) is 4. The summed E-state index contributed by atoms with van der Waals surface area (Å²) in [6, 6.07) is 0. The van der Waals surface area contributed by atoms with Gasteiger partial charge in [0.1, 0.15) is 52.9 Å². The smallest absolute Gasteiger partial charge is 0.183 e. The third-order valence-electron chi connectivity index (χ3n) is 6.70. The van der Waals surface area contributed by atoms with Gasteiger partial charge in [-0.2, -0.15) is 0 Å². The van der Waals surface area contributed by atoms with Gasteiger partial charge in [-0.25, -0.2) is 0 Å². The van der Waals surface area contributed by atoms with Gasteiger partial charge in [0, 0.05) is 0 Å². The molecule has 0 saturated carbocycles. The van der Waals surface area contributed by atoms with E-state index in [-0.39, 0.29) is 26.4 Å². The number of aliphatic hydroxyl groups is 10. The molecule has 37 heavy (non-hydrogen) atoms. The van der Waals surface area contributed by atoms with Crippen molar-refractivity contribution in [2.45, 2.75) is 93.3 Å². The quantitative estimate of drug-likeness (QED) is 0.138. The topological polar surface area (TPSA) is 239 Å². The van der Waals surface area contributed by atoms with Crippen LogP contribution in [0.25, 0.3) is 0 Å². The van der Waals surface area contributed by atoms with Crippen LogP contribution >= 0.6 is 35.3 Å². The highest BCUT2D eigenvalue weighted by Crippen LogP contribution is 2.40. The van der Waals surface area contributed by atoms with Crippen molar-refractivity contribution in [3.8, 4) is 0 Å². The Labute approximate surface area is 224 Å². The zero-order valence-corrected chi connectivity index (χ0v) is 21.8. The first-order valence-electron chi connectivity index (χ1n) is 11.7. The molecule has 0 radical (unpaired) electrons. The first-order valence-corrected chi connectivity index (χ1v) is 14.6. The molecule has 10 N–H and O–H groups in total. The van der Waals surface area contributed by atoms with Crippen LogP contribution < -0.4 is 0 Å². The molecule has 4 fully saturated rings. The lowest BCUT2D eigenvalue weighted by Gasteiger charge is -2.44. The van der Waals surface area contributed by atoms with Crippen molar-refractivity contribution in [1.82, 2.24) is 0 Å². The second kappa shape index (κ2) is 13.0. The van der Waals surface area contributed by atoms with Crippen LogP contribution in [0.1, 0.15) is 0 Å². The fraction of sp³-hybridized carbons (Fsp3) is 1.00. The van der Waals surface area contributed by atoms with Gasteiger partial charge >= 0.3 is 0 Å². The van der Waals surface area contributed by atoms with Gasteiger partial charge in [0.25, 0.3) is 0 Å². The Morgan fingerprint density at radius 2 is 0.730 bits per heavy atom. The Morgan fingerprint density at radius 3 is 1.19 bits per heavy atom. The van der Waals surface area contributed by atoms with E-state index in [1.54, 1.807) is 0 Å². The third kappa shape index (κ3) is 6.70. The minimum absolute atomic E-state index is 0.0514. The number of hydrogen-bond donors (Lipinski definition) is 10. The van der Waals surface area contributed by atoms with Crippen LogP contribution in [0.15, 0.2) is 0 Å². The Balaban J connectivity index is 1.27. The largest absolute Gasteiger partial charge is 0.389 e. The van der Waals surface area contributed by atoms with Crippen molar-refractivity contribution in [1.29, 1.82) is 0 Å². The van der Waals surface area contributed by atoms with Crippen LogP contribution in [0, 0.1) is 0 Å². The summed E-state index contributed by atoms with van der Waals surface area (Å²) >= 11 is 2.90. The standard InChI is InChI=1S/C20H34O14S3/c21-5-1-32-18(14(27)9(5)22)36-7-3-34-20(16(29)11(7)24)37-8-4-33-19(15(28)12(8)25)35-6-2-31-17(30)13(26)10(6)23/h5-30H,1-4H2/t5-,6-,7-,8-,9+,10+,11+,12+,13-,14-,15-,16-,17-,18+,19+,20+/m1/s1. The Hall–Kier alpha value is 0.490. The number of aliphatic hydroxyl groups excluding tert-OH is 10. The molecule has 4 aliphatic heterocycles. The van der Waals surface area contributed by atoms with E-state index in [0.29, 0.717) is 0 Å². The summed E-state index contributed by atoms with van der Waals surface area (Å²) in [6.45, 7) is -0.410. The van der Waals surface area contributed by atoms with Crippen molar-refractivity contribution in [3.05, 3.63) is 0 Å². The molecule has 4 heterocycles. The van der Waals surface area contributed by atoms with E-state index in [1.807, 2.05) is 0 Å². The molecule has 0 aromatic carbocycles. The van der Waals surface area contributed by atoms with E-state index in [4.69, 9.17) is 18.9 Å². The second-order valence-corrected chi connectivity index (χ2v) is 13.4. The molecular weight excluding hydrogens is 560 g/mol. The van der Waals surface area contributed by atoms with Crippen LogP contribution in [-0.4, -0.2) is 171 Å². The Morgan fingerprint density at radius 1 is 0.378 bits per heavy atom. The summed E-state index contributed by atoms with van der Waals surface area (Å²) in [5.41, 5.74) is -2.88. The highest BCUT2D eigenvalue weighted by atomic mass is 32.2. The molecule has 14 nitrogen and oxygen atoms in total. The summed E-state index contributed by atoms with van der Waals surface area (Å²) in [7, 11) is 0. The normalized spacial score (nSPS) is 53.7. The van der Waals surface area contributed by atoms with E-state index >= 15 is 0 Å². The number of rotatable bonds is 6. The Kier molecular flexibility index (Phi) is 10.7. The predicted octanol–water partition coefficient (Wildman–Crippen LogP) is -5.04. The lowest BCUT2D eigenvalue weighted by molar-refractivity contribution is -0.217. The molecule has 4 rings (SSSR count). The summed E-state index contributed by atoms with van der Waals surface area (Å²) < 4.78 is 21.7. The van der Waals surface area contributed by atoms with Crippen LogP contribution in [0.2, 0.25) is 0 Å². The van der Waals surface area contributed by atoms with Crippen molar-refractivity contribution >= 4 is 35.3 Å². The lowest BCUT2D eigenvalue weighted by atomic mass is 10.1. The lowest BCUT2D eigenvalue weighted by Crippen LogP contribution is -2.57. The summed E-state index contributed by atoms with van der Waals surface area (Å²) in [4.78, 5) is 0. The molecule has 0 bridgehead atoms. The molecule has 0 amide bonds. The van der Waals surface area contributed by atoms with Crippen LogP contribution in [0.3, 0.4) is 0 Å². The average molecular weight is 595 g/mol. The van der Waals surface area contributed by atoms with Crippen molar-refractivity contribution in [2.24, 2.45) is 0 Å². The average Bonchev–Trinajstić information content (AvgIpc) is 2.88. The van der Waals surface area contributed by atoms with E-state index in [1.165, 1.54) is 0 Å². The van der Waals surface area contributed by atoms with Gasteiger partial charge in [0.15, 0.2) is 6.29 Å². The zero-order valence-electron chi connectivity index (χ0n) is 19.4. The maximum absolute atomic E-state index is 10.7. The van der Waals surface area contributed by atoms with Gasteiger partial charge in [-0.3, -0.25) is 0 Å². The minimum atomic E-state index is -1.52. The molecule has 0 aromatic heterocycles. The van der Waals surface area contributed by atoms with Crippen LogP contribution in [0.5, 0.6) is 0 Å². The molecule has 0 aliphatic carbocycles. The fourth-order valence-electron chi connectivity index (χ4n) is 4.33. The molecule has 216 valence electrons. The van der Waals surface area contributed by atoms with Gasteiger partial charge in [0.2, 0.25) is 0 Å². The monoisotopic (exact) mass is 594 g/mol. The van der Waals surface area contributed by atoms with Crippen LogP contribution in [-0.2, 0) is 18.9 Å². The molecule has 0 spiro atoms. The van der Waals surface area contributed by atoms with Gasteiger partial charge in [0.05, 0.1) is 60.5 Å². The van der Waals surface area contributed by atoms with Gasteiger partial charge < -0.3 is 70.0 Å². The maximum atomic E-state index is 10.7. The first-order chi connectivity index (χ1) is 17.5. The zero-order chi connectivity index (χ0) is 27.0. The van der Waals surface area contributed by atoms with Crippen molar-refractivity contribution in [3.63, 3.8) is 0 Å². The molecule has 16 atom stereocenters. The third-order valence-corrected chi connectivity index (χ3v) is 11.0. The van der Waals surface area contributed by atoms with E-state index in [2.05, 4.69) is 0 Å². The molecule has 0 aromatic rings. The SMILES string of the molecule is O[C@@H]1[C@@H](O)[C@H](S[C@@H]2CO[C@@H](S[C@@H]3CO[C@@H](S[C@@H]4CO[C@@H](O)[C@H](O)[C@H]4O)[C@H](O)[C@H]3O)[C@H](O)[C@H]2O)OC[C@H]1O. The van der Waals surface area contributed by atoms with Crippen molar-refractivity contribution in [2.75, 3.05) is 26.4 Å². The minimum Gasteiger partial charge on any atom is -0.389 e. The van der Waals surface area contributed by atoms with E-state index < -0.39 is 93.3 Å². The number of thioether (sulfide) groups is 3. The molecule has 4 saturated heterocycles. The van der Waals surface area contributed by atoms with Gasteiger partial charge in [-0.1, -0.05) is 0 Å². The molecule has 17 heteroatoms. The van der Waals surface area contributed by atoms with E-state index in [0.717, 1.165) is 35.3 Å². The van der Waals surface area contributed by atoms with Crippen LogP contribution in [0.4, 0.5) is 0 Å².